The third-order valence-corrected chi connectivity index (χ3v) is 5.33. The number of fused-ring (bicyclic) bond motifs is 1. The van der Waals surface area contributed by atoms with Crippen LogP contribution in [-0.2, 0) is 4.79 Å². The minimum atomic E-state index is -0.0364. The Balaban J connectivity index is 1.73. The summed E-state index contributed by atoms with van der Waals surface area (Å²) in [7, 11) is 4.05. The minimum absolute atomic E-state index is 0.0364. The molecule has 104 valence electrons. The average Bonchev–Trinajstić information content (AvgIpc) is 2.78. The van der Waals surface area contributed by atoms with Gasteiger partial charge in [0.2, 0.25) is 5.91 Å². The number of rotatable bonds is 1. The highest BCUT2D eigenvalue weighted by atomic mass is 16.2. The number of likely N-dealkylation sites (tertiary alicyclic amines) is 1. The Labute approximate surface area is 116 Å². The third-order valence-electron chi connectivity index (χ3n) is 5.33. The van der Waals surface area contributed by atoms with Gasteiger partial charge in [0.15, 0.2) is 0 Å². The monoisotopic (exact) mass is 261 g/mol. The summed E-state index contributed by atoms with van der Waals surface area (Å²) in [6.45, 7) is 0.959. The maximum Gasteiger partial charge on any atom is 0.232 e. The van der Waals surface area contributed by atoms with Crippen LogP contribution in [0.25, 0.3) is 0 Å². The lowest BCUT2D eigenvalue weighted by molar-refractivity contribution is -0.140. The van der Waals surface area contributed by atoms with E-state index in [-0.39, 0.29) is 11.9 Å². The fraction of sp³-hybridized carbons (Fsp3) is 0.857. The molecule has 1 saturated heterocycles. The van der Waals surface area contributed by atoms with Gasteiger partial charge in [0, 0.05) is 31.8 Å². The van der Waals surface area contributed by atoms with Crippen LogP contribution in [0.2, 0.25) is 0 Å². The lowest BCUT2D eigenvalue weighted by Gasteiger charge is -2.45. The summed E-state index contributed by atoms with van der Waals surface area (Å²) in [6, 6.07) is 0.515. The number of piperidine rings is 1. The summed E-state index contributed by atoms with van der Waals surface area (Å²) in [5.41, 5.74) is 0. The van der Waals surface area contributed by atoms with Crippen molar-refractivity contribution in [2.75, 3.05) is 13.6 Å². The molecule has 19 heavy (non-hydrogen) atoms. The topological polar surface area (TPSA) is 35.9 Å². The number of amides is 1. The number of nitrogens with zero attached hydrogens (tertiary/aromatic N) is 3. The molecule has 2 fully saturated rings. The lowest BCUT2D eigenvalue weighted by Crippen LogP contribution is -2.53. The van der Waals surface area contributed by atoms with E-state index in [4.69, 9.17) is 0 Å². The number of carbonyl (C=O) groups excluding carboxylic acids is 1. The quantitative estimate of drug-likeness (QED) is 0.650. The summed E-state index contributed by atoms with van der Waals surface area (Å²) in [5.74, 6) is 1.25. The van der Waals surface area contributed by atoms with Crippen LogP contribution < -0.4 is 0 Å². The maximum atomic E-state index is 12.8. The molecule has 1 saturated carbocycles. The smallest absolute Gasteiger partial charge is 0.232 e. The highest BCUT2D eigenvalue weighted by Crippen LogP contribution is 2.36. The van der Waals surface area contributed by atoms with Crippen molar-refractivity contribution in [1.82, 2.24) is 9.91 Å². The zero-order valence-corrected chi connectivity index (χ0v) is 12.1. The molecule has 3 aliphatic rings. The molecule has 3 rings (SSSR count). The molecule has 0 radical (unpaired) electrons. The number of carbonyl (C=O) groups is 1. The minimum Gasteiger partial charge on any atom is -0.339 e. The van der Waals surface area contributed by atoms with Crippen LogP contribution in [0.3, 0.4) is 0 Å². The van der Waals surface area contributed by atoms with Crippen molar-refractivity contribution >= 4 is 20.0 Å². The molecule has 5 heteroatoms. The van der Waals surface area contributed by atoms with Gasteiger partial charge in [-0.2, -0.15) is 5.10 Å². The van der Waals surface area contributed by atoms with Crippen molar-refractivity contribution in [3.63, 3.8) is 0 Å². The summed E-state index contributed by atoms with van der Waals surface area (Å²) in [5, 5.41) is 6.19. The second kappa shape index (κ2) is 5.18. The van der Waals surface area contributed by atoms with Gasteiger partial charge in [-0.3, -0.25) is 4.79 Å². The zero-order chi connectivity index (χ0) is 13.4. The van der Waals surface area contributed by atoms with E-state index in [9.17, 15) is 4.79 Å². The molecule has 0 aromatic heterocycles. The number of hydrogen-bond acceptors (Lipinski definition) is 3. The van der Waals surface area contributed by atoms with Crippen molar-refractivity contribution in [3.05, 3.63) is 0 Å². The van der Waals surface area contributed by atoms with Gasteiger partial charge in [0.25, 0.3) is 0 Å². The number of hydrazone groups is 1. The Morgan fingerprint density at radius 2 is 2.00 bits per heavy atom. The molecule has 1 aliphatic carbocycles. The predicted molar refractivity (Wildman–Crippen MR) is 78.8 cm³/mol. The second-order valence-corrected chi connectivity index (χ2v) is 6.39. The summed E-state index contributed by atoms with van der Waals surface area (Å²) in [6.07, 6.45) is 9.53. The van der Waals surface area contributed by atoms with Gasteiger partial charge in [-0.1, -0.05) is 12.8 Å². The first kappa shape index (κ1) is 13.0. The highest BCUT2D eigenvalue weighted by Gasteiger charge is 2.40. The Morgan fingerprint density at radius 3 is 2.74 bits per heavy atom. The molecule has 0 N–H and O–H groups in total. The standard InChI is InChI=1S/C14H24BN3O/c1-17-13(15)11(9-16-17)14(19)18-8-4-6-10-5-2-3-7-12(10)18/h9-13H,2-8,15H2,1H3. The van der Waals surface area contributed by atoms with Crippen LogP contribution in [0.15, 0.2) is 5.10 Å². The lowest BCUT2D eigenvalue weighted by atomic mass is 9.77. The van der Waals surface area contributed by atoms with Gasteiger partial charge >= 0.3 is 0 Å². The highest BCUT2D eigenvalue weighted by molar-refractivity contribution is 6.17. The molecule has 2 aliphatic heterocycles. The molecule has 1 amide bonds. The van der Waals surface area contributed by atoms with Gasteiger partial charge in [0.1, 0.15) is 7.85 Å². The Bertz CT molecular complexity index is 385. The van der Waals surface area contributed by atoms with Crippen molar-refractivity contribution in [3.8, 4) is 0 Å². The Morgan fingerprint density at radius 1 is 1.26 bits per heavy atom. The molecule has 4 atom stereocenters. The molecule has 0 aromatic rings. The third kappa shape index (κ3) is 2.28. The van der Waals surface area contributed by atoms with E-state index < -0.39 is 0 Å². The molecule has 0 spiro atoms. The fourth-order valence-electron chi connectivity index (χ4n) is 4.00. The van der Waals surface area contributed by atoms with Gasteiger partial charge in [0.05, 0.1) is 5.92 Å². The van der Waals surface area contributed by atoms with Crippen LogP contribution in [0.4, 0.5) is 0 Å². The fourth-order valence-corrected chi connectivity index (χ4v) is 4.00. The van der Waals surface area contributed by atoms with Crippen molar-refractivity contribution in [1.29, 1.82) is 0 Å². The first-order chi connectivity index (χ1) is 9.18. The normalized spacial score (nSPS) is 38.4. The van der Waals surface area contributed by atoms with Crippen molar-refractivity contribution < 1.29 is 4.79 Å². The van der Waals surface area contributed by atoms with Crippen LogP contribution in [0.1, 0.15) is 38.5 Å². The first-order valence-corrected chi connectivity index (χ1v) is 7.76. The number of hydrogen-bond donors (Lipinski definition) is 0. The SMILES string of the molecule is BC1C(C(=O)N2CCCC3CCCCC32)C=NN1C. The van der Waals surface area contributed by atoms with E-state index in [0.717, 1.165) is 12.5 Å². The van der Waals surface area contributed by atoms with E-state index in [1.54, 1.807) is 0 Å². The Hall–Kier alpha value is -0.995. The van der Waals surface area contributed by atoms with Crippen molar-refractivity contribution in [2.45, 2.75) is 50.5 Å². The molecule has 4 unspecified atom stereocenters. The molecule has 0 bridgehead atoms. The van der Waals surface area contributed by atoms with Gasteiger partial charge in [-0.15, -0.1) is 0 Å². The molecular weight excluding hydrogens is 237 g/mol. The van der Waals surface area contributed by atoms with Gasteiger partial charge in [-0.25, -0.2) is 0 Å². The predicted octanol–water partition coefficient (Wildman–Crippen LogP) is 0.674. The largest absolute Gasteiger partial charge is 0.339 e. The van der Waals surface area contributed by atoms with Crippen LogP contribution >= 0.6 is 0 Å². The zero-order valence-electron chi connectivity index (χ0n) is 12.1. The van der Waals surface area contributed by atoms with E-state index >= 15 is 0 Å². The first-order valence-electron chi connectivity index (χ1n) is 7.76. The van der Waals surface area contributed by atoms with Gasteiger partial charge < -0.3 is 9.91 Å². The van der Waals surface area contributed by atoms with E-state index in [1.165, 1.54) is 38.5 Å². The van der Waals surface area contributed by atoms with E-state index in [0.29, 0.717) is 11.9 Å². The second-order valence-electron chi connectivity index (χ2n) is 6.39. The van der Waals surface area contributed by atoms with Gasteiger partial charge in [-0.05, 0) is 31.6 Å². The maximum absolute atomic E-state index is 12.8. The van der Waals surface area contributed by atoms with E-state index in [1.807, 2.05) is 18.3 Å². The summed E-state index contributed by atoms with van der Waals surface area (Å²) in [4.78, 5) is 15.0. The average molecular weight is 261 g/mol. The Kier molecular flexibility index (Phi) is 3.55. The van der Waals surface area contributed by atoms with Crippen LogP contribution in [-0.4, -0.2) is 55.5 Å². The molecule has 2 heterocycles. The van der Waals surface area contributed by atoms with Crippen LogP contribution in [0.5, 0.6) is 0 Å². The van der Waals surface area contributed by atoms with Crippen molar-refractivity contribution in [2.24, 2.45) is 16.9 Å². The molecular formula is C14H24BN3O. The van der Waals surface area contributed by atoms with E-state index in [2.05, 4.69) is 17.8 Å². The van der Waals surface area contributed by atoms with Crippen LogP contribution in [0, 0.1) is 11.8 Å². The summed E-state index contributed by atoms with van der Waals surface area (Å²) >= 11 is 0. The summed E-state index contributed by atoms with van der Waals surface area (Å²) < 4.78 is 0. The molecule has 4 nitrogen and oxygen atoms in total. The molecule has 0 aromatic carbocycles.